The molecule has 0 radical (unpaired) electrons. The van der Waals surface area contributed by atoms with Gasteiger partial charge in [-0.25, -0.2) is 4.79 Å². The van der Waals surface area contributed by atoms with E-state index in [9.17, 15) is 9.90 Å². The number of hydrogen-bond donors (Lipinski definition) is 2. The molecule has 0 spiro atoms. The van der Waals surface area contributed by atoms with Gasteiger partial charge in [0.1, 0.15) is 0 Å². The molecule has 2 aliphatic rings. The number of amides is 2. The molecule has 0 saturated carbocycles. The van der Waals surface area contributed by atoms with Crippen LogP contribution in [-0.4, -0.2) is 63.4 Å². The summed E-state index contributed by atoms with van der Waals surface area (Å²) in [6.45, 7) is 9.01. The number of carbonyl (C=O) groups excluding carboxylic acids is 1. The first-order valence-electron chi connectivity index (χ1n) is 10.7. The number of aliphatic hydroxyl groups excluding tert-OH is 1. The second-order valence-electron chi connectivity index (χ2n) is 8.85. The number of likely N-dealkylation sites (tertiary alicyclic amines) is 2. The molecule has 4 rings (SSSR count). The van der Waals surface area contributed by atoms with E-state index in [0.29, 0.717) is 38.4 Å². The maximum absolute atomic E-state index is 13.3. The number of aliphatic hydroxyl groups is 1. The summed E-state index contributed by atoms with van der Waals surface area (Å²) in [5.41, 5.74) is 5.99. The third kappa shape index (κ3) is 4.32. The van der Waals surface area contributed by atoms with Crippen molar-refractivity contribution in [2.75, 3.05) is 26.2 Å². The van der Waals surface area contributed by atoms with Crippen molar-refractivity contribution in [3.8, 4) is 0 Å². The fourth-order valence-electron chi connectivity index (χ4n) is 4.64. The van der Waals surface area contributed by atoms with E-state index in [-0.39, 0.29) is 18.1 Å². The molecular weight excluding hydrogens is 364 g/mol. The van der Waals surface area contributed by atoms with Gasteiger partial charge in [0.15, 0.2) is 0 Å². The van der Waals surface area contributed by atoms with Gasteiger partial charge in [-0.3, -0.25) is 5.10 Å². The van der Waals surface area contributed by atoms with Crippen LogP contribution in [0.5, 0.6) is 0 Å². The maximum atomic E-state index is 13.3. The van der Waals surface area contributed by atoms with Gasteiger partial charge in [0, 0.05) is 43.7 Å². The normalized spacial score (nSPS) is 23.4. The molecule has 3 heterocycles. The predicted octanol–water partition coefficient (Wildman–Crippen LogP) is 3.48. The molecule has 0 bridgehead atoms. The summed E-state index contributed by atoms with van der Waals surface area (Å²) in [6.07, 6.45) is 2.06. The molecule has 156 valence electrons. The number of rotatable bonds is 2. The summed E-state index contributed by atoms with van der Waals surface area (Å²) in [6, 6.07) is 8.88. The molecule has 2 unspecified atom stereocenters. The molecule has 2 saturated heterocycles. The zero-order valence-corrected chi connectivity index (χ0v) is 17.7. The van der Waals surface area contributed by atoms with E-state index in [4.69, 9.17) is 0 Å². The van der Waals surface area contributed by atoms with Crippen LogP contribution in [0.25, 0.3) is 0 Å². The standard InChI is InChI=1S/C23H32N4O2/c1-15-4-5-18(10-16(15)2)19-12-20(22-11-17(3)24-25-22)14-27(13-19)23(29)26-8-6-21(28)7-9-26/h4-5,10-11,19-21,28H,6-9,12-14H2,1-3H3,(H,24,25). The summed E-state index contributed by atoms with van der Waals surface area (Å²) in [7, 11) is 0. The van der Waals surface area contributed by atoms with Crippen molar-refractivity contribution in [1.29, 1.82) is 0 Å². The van der Waals surface area contributed by atoms with Crippen molar-refractivity contribution >= 4 is 6.03 Å². The summed E-state index contributed by atoms with van der Waals surface area (Å²) in [5, 5.41) is 17.4. The number of aromatic amines is 1. The second-order valence-corrected chi connectivity index (χ2v) is 8.85. The maximum Gasteiger partial charge on any atom is 0.320 e. The van der Waals surface area contributed by atoms with Crippen LogP contribution in [0.3, 0.4) is 0 Å². The lowest BCUT2D eigenvalue weighted by atomic mass is 9.82. The Labute approximate surface area is 172 Å². The lowest BCUT2D eigenvalue weighted by Crippen LogP contribution is -2.51. The highest BCUT2D eigenvalue weighted by atomic mass is 16.3. The van der Waals surface area contributed by atoms with Crippen LogP contribution in [0.4, 0.5) is 4.79 Å². The van der Waals surface area contributed by atoms with E-state index in [1.165, 1.54) is 16.7 Å². The quantitative estimate of drug-likeness (QED) is 0.816. The van der Waals surface area contributed by atoms with Crippen molar-refractivity contribution in [2.24, 2.45) is 0 Å². The van der Waals surface area contributed by atoms with Gasteiger partial charge in [-0.05, 0) is 62.8 Å². The zero-order chi connectivity index (χ0) is 20.5. The molecule has 2 atom stereocenters. The van der Waals surface area contributed by atoms with E-state index in [1.807, 2.05) is 16.7 Å². The number of carbonyl (C=O) groups is 1. The lowest BCUT2D eigenvalue weighted by Gasteiger charge is -2.41. The Bertz CT molecular complexity index is 870. The van der Waals surface area contributed by atoms with E-state index in [2.05, 4.69) is 48.3 Å². The molecule has 6 heteroatoms. The summed E-state index contributed by atoms with van der Waals surface area (Å²) < 4.78 is 0. The smallest absolute Gasteiger partial charge is 0.320 e. The molecule has 2 N–H and O–H groups in total. The van der Waals surface area contributed by atoms with Gasteiger partial charge in [0.2, 0.25) is 0 Å². The highest BCUT2D eigenvalue weighted by Crippen LogP contribution is 2.36. The van der Waals surface area contributed by atoms with Crippen molar-refractivity contribution in [2.45, 2.75) is 58.0 Å². The Morgan fingerprint density at radius 1 is 1.03 bits per heavy atom. The fourth-order valence-corrected chi connectivity index (χ4v) is 4.64. The van der Waals surface area contributed by atoms with Crippen molar-refractivity contribution < 1.29 is 9.90 Å². The zero-order valence-electron chi connectivity index (χ0n) is 17.7. The molecule has 29 heavy (non-hydrogen) atoms. The van der Waals surface area contributed by atoms with Crippen LogP contribution in [0, 0.1) is 20.8 Å². The number of H-pyrrole nitrogens is 1. The fraction of sp³-hybridized carbons (Fsp3) is 0.565. The third-order valence-corrected chi connectivity index (χ3v) is 6.60. The van der Waals surface area contributed by atoms with E-state index >= 15 is 0 Å². The van der Waals surface area contributed by atoms with Crippen LogP contribution in [0.1, 0.15) is 59.2 Å². The summed E-state index contributed by atoms with van der Waals surface area (Å²) in [4.78, 5) is 17.2. The highest BCUT2D eigenvalue weighted by Gasteiger charge is 2.35. The van der Waals surface area contributed by atoms with Crippen LogP contribution >= 0.6 is 0 Å². The Balaban J connectivity index is 1.58. The first-order chi connectivity index (χ1) is 13.9. The minimum Gasteiger partial charge on any atom is -0.393 e. The van der Waals surface area contributed by atoms with E-state index in [1.54, 1.807) is 0 Å². The van der Waals surface area contributed by atoms with Gasteiger partial charge in [-0.1, -0.05) is 18.2 Å². The predicted molar refractivity (Wildman–Crippen MR) is 113 cm³/mol. The molecule has 2 amide bonds. The van der Waals surface area contributed by atoms with Gasteiger partial charge in [-0.2, -0.15) is 5.10 Å². The average Bonchev–Trinajstić information content (AvgIpc) is 3.16. The van der Waals surface area contributed by atoms with Gasteiger partial charge in [0.25, 0.3) is 0 Å². The Morgan fingerprint density at radius 3 is 2.41 bits per heavy atom. The molecule has 2 fully saturated rings. The number of piperidine rings is 2. The van der Waals surface area contributed by atoms with Gasteiger partial charge < -0.3 is 14.9 Å². The number of nitrogens with one attached hydrogen (secondary N) is 1. The Morgan fingerprint density at radius 2 is 1.76 bits per heavy atom. The second kappa shape index (κ2) is 8.19. The van der Waals surface area contributed by atoms with Crippen LogP contribution in [-0.2, 0) is 0 Å². The third-order valence-electron chi connectivity index (χ3n) is 6.60. The van der Waals surface area contributed by atoms with Gasteiger partial charge in [0.05, 0.1) is 11.8 Å². The van der Waals surface area contributed by atoms with Crippen molar-refractivity contribution in [3.05, 3.63) is 52.3 Å². The molecule has 2 aromatic rings. The SMILES string of the molecule is Cc1cc(C2CC(c3ccc(C)c(C)c3)CN(C(=O)N3CCC(O)CC3)C2)n[nH]1. The lowest BCUT2D eigenvalue weighted by molar-refractivity contribution is 0.0755. The van der Waals surface area contributed by atoms with Crippen LogP contribution in [0.2, 0.25) is 0 Å². The van der Waals surface area contributed by atoms with Crippen molar-refractivity contribution in [3.63, 3.8) is 0 Å². The largest absolute Gasteiger partial charge is 0.393 e. The number of hydrogen-bond acceptors (Lipinski definition) is 3. The molecule has 2 aliphatic heterocycles. The van der Waals surface area contributed by atoms with Gasteiger partial charge in [-0.15, -0.1) is 0 Å². The minimum absolute atomic E-state index is 0.0997. The summed E-state index contributed by atoms with van der Waals surface area (Å²) >= 11 is 0. The number of aryl methyl sites for hydroxylation is 3. The first-order valence-corrected chi connectivity index (χ1v) is 10.7. The van der Waals surface area contributed by atoms with Crippen LogP contribution in [0.15, 0.2) is 24.3 Å². The van der Waals surface area contributed by atoms with Gasteiger partial charge >= 0.3 is 6.03 Å². The minimum atomic E-state index is -0.275. The molecule has 0 aliphatic carbocycles. The van der Waals surface area contributed by atoms with Crippen molar-refractivity contribution in [1.82, 2.24) is 20.0 Å². The molecule has 1 aromatic heterocycles. The summed E-state index contributed by atoms with van der Waals surface area (Å²) in [5.74, 6) is 0.518. The van der Waals surface area contributed by atoms with Crippen LogP contribution < -0.4 is 0 Å². The highest BCUT2D eigenvalue weighted by molar-refractivity contribution is 5.75. The Kier molecular flexibility index (Phi) is 5.63. The number of benzene rings is 1. The van der Waals surface area contributed by atoms with E-state index < -0.39 is 0 Å². The number of urea groups is 1. The Hall–Kier alpha value is -2.34. The average molecular weight is 397 g/mol. The molecule has 1 aromatic carbocycles. The van der Waals surface area contributed by atoms with E-state index in [0.717, 1.165) is 24.4 Å². The number of aromatic nitrogens is 2. The topological polar surface area (TPSA) is 72.5 Å². The first kappa shape index (κ1) is 20.0. The molecular formula is C23H32N4O2. The molecule has 6 nitrogen and oxygen atoms in total. The number of nitrogens with zero attached hydrogens (tertiary/aromatic N) is 3. The monoisotopic (exact) mass is 396 g/mol.